The van der Waals surface area contributed by atoms with Crippen LogP contribution >= 0.6 is 0 Å². The zero-order valence-corrected chi connectivity index (χ0v) is 10.3. The van der Waals surface area contributed by atoms with Crippen molar-refractivity contribution in [3.8, 4) is 18.2 Å². The van der Waals surface area contributed by atoms with E-state index in [2.05, 4.69) is 28.1 Å². The molecule has 0 unspecified atom stereocenters. The van der Waals surface area contributed by atoms with E-state index in [1.54, 1.807) is 12.3 Å². The van der Waals surface area contributed by atoms with Crippen molar-refractivity contribution in [3.05, 3.63) is 12.3 Å². The number of anilines is 1. The van der Waals surface area contributed by atoms with Crippen molar-refractivity contribution in [1.82, 2.24) is 9.97 Å². The first-order valence-electron chi connectivity index (χ1n) is 6.00. The standard InChI is InChI=1S/C13H19N3O/c1-3-5-6-7-9-14-13-15-10-8-12(16-13)17-11-4-2/h1,8,10H,4-7,9,11H2,2H3,(H,14,15,16). The normalized spacial score (nSPS) is 9.65. The molecule has 0 amide bonds. The Morgan fingerprint density at radius 1 is 1.47 bits per heavy atom. The highest BCUT2D eigenvalue weighted by Crippen LogP contribution is 2.08. The Bertz CT molecular complexity index is 360. The summed E-state index contributed by atoms with van der Waals surface area (Å²) in [7, 11) is 0. The predicted octanol–water partition coefficient (Wildman–Crippen LogP) is 2.48. The van der Waals surface area contributed by atoms with Crippen LogP contribution in [0.2, 0.25) is 0 Å². The molecule has 0 aliphatic heterocycles. The summed E-state index contributed by atoms with van der Waals surface area (Å²) in [5, 5.41) is 3.15. The van der Waals surface area contributed by atoms with Gasteiger partial charge in [-0.15, -0.1) is 12.3 Å². The average molecular weight is 233 g/mol. The number of nitrogens with one attached hydrogen (secondary N) is 1. The Morgan fingerprint density at radius 3 is 3.12 bits per heavy atom. The number of hydrogen-bond donors (Lipinski definition) is 1. The first-order chi connectivity index (χ1) is 8.36. The third-order valence-electron chi connectivity index (χ3n) is 2.12. The minimum atomic E-state index is 0.610. The molecule has 0 aliphatic carbocycles. The molecular formula is C13H19N3O. The van der Waals surface area contributed by atoms with E-state index in [-0.39, 0.29) is 0 Å². The van der Waals surface area contributed by atoms with Gasteiger partial charge in [0.15, 0.2) is 0 Å². The predicted molar refractivity (Wildman–Crippen MR) is 69.0 cm³/mol. The second kappa shape index (κ2) is 8.40. The lowest BCUT2D eigenvalue weighted by atomic mass is 10.2. The second-order valence-electron chi connectivity index (χ2n) is 3.65. The lowest BCUT2D eigenvalue weighted by Crippen LogP contribution is -2.06. The quantitative estimate of drug-likeness (QED) is 0.553. The smallest absolute Gasteiger partial charge is 0.225 e. The summed E-state index contributed by atoms with van der Waals surface area (Å²) in [6.07, 6.45) is 10.7. The largest absolute Gasteiger partial charge is 0.478 e. The molecule has 1 N–H and O–H groups in total. The molecule has 92 valence electrons. The SMILES string of the molecule is C#CCCCCNc1nccc(OCCC)n1. The number of terminal acetylenes is 1. The van der Waals surface area contributed by atoms with Crippen molar-refractivity contribution in [2.75, 3.05) is 18.5 Å². The van der Waals surface area contributed by atoms with Gasteiger partial charge in [0, 0.05) is 25.2 Å². The fourth-order valence-electron chi connectivity index (χ4n) is 1.27. The van der Waals surface area contributed by atoms with E-state index in [1.807, 2.05) is 0 Å². The summed E-state index contributed by atoms with van der Waals surface area (Å²) < 4.78 is 5.42. The fourth-order valence-corrected chi connectivity index (χ4v) is 1.27. The van der Waals surface area contributed by atoms with Gasteiger partial charge in [0.05, 0.1) is 6.61 Å². The highest BCUT2D eigenvalue weighted by molar-refractivity contribution is 5.27. The zero-order chi connectivity index (χ0) is 12.3. The summed E-state index contributed by atoms with van der Waals surface area (Å²) >= 11 is 0. The Hall–Kier alpha value is -1.76. The number of unbranched alkanes of at least 4 members (excludes halogenated alkanes) is 2. The Labute approximate surface area is 103 Å². The average Bonchev–Trinajstić information content (AvgIpc) is 2.37. The molecule has 0 spiro atoms. The van der Waals surface area contributed by atoms with E-state index in [9.17, 15) is 0 Å². The molecule has 0 atom stereocenters. The number of hydrogen-bond acceptors (Lipinski definition) is 4. The zero-order valence-electron chi connectivity index (χ0n) is 10.3. The van der Waals surface area contributed by atoms with Gasteiger partial charge < -0.3 is 10.1 Å². The number of rotatable bonds is 8. The molecule has 4 heteroatoms. The van der Waals surface area contributed by atoms with Crippen LogP contribution in [-0.4, -0.2) is 23.1 Å². The Kier molecular flexibility index (Phi) is 6.57. The second-order valence-corrected chi connectivity index (χ2v) is 3.65. The van der Waals surface area contributed by atoms with Gasteiger partial charge in [-0.1, -0.05) is 6.92 Å². The minimum Gasteiger partial charge on any atom is -0.478 e. The van der Waals surface area contributed by atoms with Crippen LogP contribution in [0.5, 0.6) is 5.88 Å². The monoisotopic (exact) mass is 233 g/mol. The summed E-state index contributed by atoms with van der Waals surface area (Å²) in [5.41, 5.74) is 0. The van der Waals surface area contributed by atoms with Crippen LogP contribution in [-0.2, 0) is 0 Å². The van der Waals surface area contributed by atoms with E-state index in [0.29, 0.717) is 18.4 Å². The topological polar surface area (TPSA) is 47.0 Å². The lowest BCUT2D eigenvalue weighted by Gasteiger charge is -2.06. The molecule has 1 heterocycles. The number of ether oxygens (including phenoxy) is 1. The van der Waals surface area contributed by atoms with Gasteiger partial charge >= 0.3 is 0 Å². The third kappa shape index (κ3) is 5.76. The van der Waals surface area contributed by atoms with Crippen molar-refractivity contribution in [1.29, 1.82) is 0 Å². The fraction of sp³-hybridized carbons (Fsp3) is 0.538. The van der Waals surface area contributed by atoms with Crippen LogP contribution in [0, 0.1) is 12.3 Å². The molecule has 4 nitrogen and oxygen atoms in total. The van der Waals surface area contributed by atoms with E-state index >= 15 is 0 Å². The van der Waals surface area contributed by atoms with Crippen LogP contribution in [0.1, 0.15) is 32.6 Å². The van der Waals surface area contributed by atoms with Gasteiger partial charge in [-0.2, -0.15) is 4.98 Å². The van der Waals surface area contributed by atoms with Crippen LogP contribution in [0.3, 0.4) is 0 Å². The first kappa shape index (κ1) is 13.3. The highest BCUT2D eigenvalue weighted by atomic mass is 16.5. The lowest BCUT2D eigenvalue weighted by molar-refractivity contribution is 0.305. The molecule has 1 aromatic rings. The third-order valence-corrected chi connectivity index (χ3v) is 2.12. The van der Waals surface area contributed by atoms with Gasteiger partial charge in [-0.25, -0.2) is 4.98 Å². The maximum Gasteiger partial charge on any atom is 0.225 e. The van der Waals surface area contributed by atoms with Gasteiger partial charge in [-0.3, -0.25) is 0 Å². The molecule has 0 aliphatic rings. The molecule has 0 bridgehead atoms. The molecule has 17 heavy (non-hydrogen) atoms. The molecule has 1 rings (SSSR count). The van der Waals surface area contributed by atoms with Crippen LogP contribution < -0.4 is 10.1 Å². The van der Waals surface area contributed by atoms with Crippen molar-refractivity contribution >= 4 is 5.95 Å². The van der Waals surface area contributed by atoms with Gasteiger partial charge in [0.2, 0.25) is 11.8 Å². The molecule has 0 saturated carbocycles. The van der Waals surface area contributed by atoms with Crippen LogP contribution in [0.25, 0.3) is 0 Å². The summed E-state index contributed by atoms with van der Waals surface area (Å²) in [4.78, 5) is 8.37. The maximum absolute atomic E-state index is 5.42. The Balaban J connectivity index is 2.30. The molecule has 0 fully saturated rings. The number of nitrogens with zero attached hydrogens (tertiary/aromatic N) is 2. The molecule has 0 aromatic carbocycles. The maximum atomic E-state index is 5.42. The molecule has 0 radical (unpaired) electrons. The highest BCUT2D eigenvalue weighted by Gasteiger charge is 1.98. The van der Waals surface area contributed by atoms with E-state index in [0.717, 1.165) is 32.2 Å². The van der Waals surface area contributed by atoms with Gasteiger partial charge in [-0.05, 0) is 19.3 Å². The molecular weight excluding hydrogens is 214 g/mol. The molecule has 1 aromatic heterocycles. The van der Waals surface area contributed by atoms with Gasteiger partial charge in [0.25, 0.3) is 0 Å². The van der Waals surface area contributed by atoms with Crippen LogP contribution in [0.15, 0.2) is 12.3 Å². The first-order valence-corrected chi connectivity index (χ1v) is 6.00. The van der Waals surface area contributed by atoms with E-state index in [4.69, 9.17) is 11.2 Å². The van der Waals surface area contributed by atoms with Crippen molar-refractivity contribution in [3.63, 3.8) is 0 Å². The summed E-state index contributed by atoms with van der Waals surface area (Å²) in [5.74, 6) is 3.85. The Morgan fingerprint density at radius 2 is 2.35 bits per heavy atom. The van der Waals surface area contributed by atoms with Crippen molar-refractivity contribution < 1.29 is 4.74 Å². The summed E-state index contributed by atoms with van der Waals surface area (Å²) in [6, 6.07) is 1.76. The van der Waals surface area contributed by atoms with Crippen molar-refractivity contribution in [2.45, 2.75) is 32.6 Å². The van der Waals surface area contributed by atoms with Gasteiger partial charge in [0.1, 0.15) is 0 Å². The molecule has 0 saturated heterocycles. The van der Waals surface area contributed by atoms with E-state index < -0.39 is 0 Å². The summed E-state index contributed by atoms with van der Waals surface area (Å²) in [6.45, 7) is 3.57. The number of aromatic nitrogens is 2. The minimum absolute atomic E-state index is 0.610. The van der Waals surface area contributed by atoms with Crippen LogP contribution in [0.4, 0.5) is 5.95 Å². The van der Waals surface area contributed by atoms with E-state index in [1.165, 1.54) is 0 Å². The van der Waals surface area contributed by atoms with Crippen molar-refractivity contribution in [2.24, 2.45) is 0 Å².